The van der Waals surface area contributed by atoms with Gasteiger partial charge in [-0.25, -0.2) is 0 Å². The molecule has 1 aromatic carbocycles. The highest BCUT2D eigenvalue weighted by Gasteiger charge is 2.25. The summed E-state index contributed by atoms with van der Waals surface area (Å²) in [6.45, 7) is 2.78. The molecule has 1 saturated carbocycles. The number of nitrogens with two attached hydrogens (primary N) is 1. The first-order valence-corrected chi connectivity index (χ1v) is 7.00. The zero-order valence-corrected chi connectivity index (χ0v) is 11.2. The van der Waals surface area contributed by atoms with Crippen LogP contribution in [0.5, 0.6) is 0 Å². The molecule has 2 nitrogen and oxygen atoms in total. The van der Waals surface area contributed by atoms with Crippen molar-refractivity contribution in [2.45, 2.75) is 45.6 Å². The second kappa shape index (κ2) is 6.14. The third kappa shape index (κ3) is 3.20. The Morgan fingerprint density at radius 2 is 2.00 bits per heavy atom. The molecule has 2 unspecified atom stereocenters. The number of carbonyl (C=O) groups excluding carboxylic acids is 1. The predicted molar refractivity (Wildman–Crippen MR) is 74.2 cm³/mol. The number of hydrogen-bond acceptors (Lipinski definition) is 2. The van der Waals surface area contributed by atoms with Crippen LogP contribution in [-0.4, -0.2) is 5.78 Å². The van der Waals surface area contributed by atoms with Gasteiger partial charge in [-0.2, -0.15) is 0 Å². The van der Waals surface area contributed by atoms with Crippen LogP contribution in [0.25, 0.3) is 0 Å². The first-order valence-electron chi connectivity index (χ1n) is 7.00. The van der Waals surface area contributed by atoms with Gasteiger partial charge in [0.2, 0.25) is 0 Å². The minimum absolute atomic E-state index is 0.277. The Balaban J connectivity index is 2.02. The van der Waals surface area contributed by atoms with Gasteiger partial charge in [0.25, 0.3) is 0 Å². The molecule has 2 heteroatoms. The zero-order valence-electron chi connectivity index (χ0n) is 11.2. The molecular formula is C16H23NO. The van der Waals surface area contributed by atoms with E-state index >= 15 is 0 Å². The number of hydrogen-bond donors (Lipinski definition) is 1. The van der Waals surface area contributed by atoms with Crippen LogP contribution < -0.4 is 5.73 Å². The van der Waals surface area contributed by atoms with Crippen molar-refractivity contribution in [2.75, 3.05) is 0 Å². The molecule has 0 heterocycles. The fourth-order valence-electron chi connectivity index (χ4n) is 2.99. The van der Waals surface area contributed by atoms with Gasteiger partial charge >= 0.3 is 0 Å². The second-order valence-corrected chi connectivity index (χ2v) is 5.58. The molecule has 0 spiro atoms. The van der Waals surface area contributed by atoms with Gasteiger partial charge in [0.05, 0.1) is 0 Å². The van der Waals surface area contributed by atoms with Gasteiger partial charge in [0.1, 0.15) is 5.78 Å². The summed E-state index contributed by atoms with van der Waals surface area (Å²) in [7, 11) is 0. The molecule has 98 valence electrons. The lowest BCUT2D eigenvalue weighted by molar-refractivity contribution is -0.123. The Morgan fingerprint density at radius 3 is 2.67 bits per heavy atom. The highest BCUT2D eigenvalue weighted by atomic mass is 16.1. The van der Waals surface area contributed by atoms with E-state index in [9.17, 15) is 4.79 Å². The molecule has 1 fully saturated rings. The van der Waals surface area contributed by atoms with Crippen molar-refractivity contribution in [1.29, 1.82) is 0 Å². The van der Waals surface area contributed by atoms with E-state index in [2.05, 4.69) is 6.92 Å². The quantitative estimate of drug-likeness (QED) is 0.885. The van der Waals surface area contributed by atoms with Crippen LogP contribution in [-0.2, 0) is 17.8 Å². The number of carbonyl (C=O) groups is 1. The Labute approximate surface area is 110 Å². The highest BCUT2D eigenvalue weighted by molar-refractivity contribution is 5.83. The molecule has 18 heavy (non-hydrogen) atoms. The Hall–Kier alpha value is -1.15. The minimum atomic E-state index is 0.277. The van der Waals surface area contributed by atoms with E-state index < -0.39 is 0 Å². The van der Waals surface area contributed by atoms with Crippen molar-refractivity contribution in [2.24, 2.45) is 17.6 Å². The molecule has 0 aliphatic heterocycles. The van der Waals surface area contributed by atoms with E-state index in [0.717, 1.165) is 24.0 Å². The van der Waals surface area contributed by atoms with E-state index in [4.69, 9.17) is 5.73 Å². The van der Waals surface area contributed by atoms with Gasteiger partial charge in [-0.1, -0.05) is 44.0 Å². The molecular weight excluding hydrogens is 222 g/mol. The van der Waals surface area contributed by atoms with Gasteiger partial charge in [-0.15, -0.1) is 0 Å². The molecule has 0 saturated heterocycles. The van der Waals surface area contributed by atoms with E-state index in [1.54, 1.807) is 0 Å². The van der Waals surface area contributed by atoms with Gasteiger partial charge < -0.3 is 5.73 Å². The van der Waals surface area contributed by atoms with Crippen LogP contribution in [0.3, 0.4) is 0 Å². The van der Waals surface area contributed by atoms with E-state index in [0.29, 0.717) is 24.7 Å². The Bertz CT molecular complexity index is 413. The summed E-state index contributed by atoms with van der Waals surface area (Å²) >= 11 is 0. The Kier molecular flexibility index (Phi) is 4.54. The standard InChI is InChI=1S/C16H23NO/c1-12-5-4-8-14(9-12)16(18)10-13-6-2-3-7-15(13)11-17/h2-3,6-7,12,14H,4-5,8-11,17H2,1H3. The Morgan fingerprint density at radius 1 is 1.28 bits per heavy atom. The average molecular weight is 245 g/mol. The zero-order chi connectivity index (χ0) is 13.0. The maximum atomic E-state index is 12.3. The van der Waals surface area contributed by atoms with Crippen LogP contribution in [0, 0.1) is 11.8 Å². The lowest BCUT2D eigenvalue weighted by atomic mass is 9.79. The maximum absolute atomic E-state index is 12.3. The van der Waals surface area contributed by atoms with E-state index in [1.165, 1.54) is 12.8 Å². The van der Waals surface area contributed by atoms with Crippen molar-refractivity contribution in [3.05, 3.63) is 35.4 Å². The summed E-state index contributed by atoms with van der Waals surface area (Å²) < 4.78 is 0. The lowest BCUT2D eigenvalue weighted by Gasteiger charge is -2.25. The fourth-order valence-corrected chi connectivity index (χ4v) is 2.99. The second-order valence-electron chi connectivity index (χ2n) is 5.58. The molecule has 0 radical (unpaired) electrons. The SMILES string of the molecule is CC1CCCC(C(=O)Cc2ccccc2CN)C1. The molecule has 1 aromatic rings. The summed E-state index contributed by atoms with van der Waals surface area (Å²) in [4.78, 5) is 12.3. The van der Waals surface area contributed by atoms with Crippen molar-refractivity contribution < 1.29 is 4.79 Å². The third-order valence-corrected chi connectivity index (χ3v) is 4.09. The summed E-state index contributed by atoms with van der Waals surface area (Å²) in [5, 5.41) is 0. The number of Topliss-reactive ketones (excluding diaryl/α,β-unsaturated/α-hetero) is 1. The molecule has 0 bridgehead atoms. The lowest BCUT2D eigenvalue weighted by Crippen LogP contribution is -2.23. The van der Waals surface area contributed by atoms with Crippen LogP contribution in [0.1, 0.15) is 43.7 Å². The number of benzene rings is 1. The average Bonchev–Trinajstić information content (AvgIpc) is 2.39. The van der Waals surface area contributed by atoms with Crippen LogP contribution in [0.4, 0.5) is 0 Å². The van der Waals surface area contributed by atoms with Crippen molar-refractivity contribution in [3.8, 4) is 0 Å². The first kappa shape index (κ1) is 13.3. The van der Waals surface area contributed by atoms with Crippen molar-refractivity contribution in [3.63, 3.8) is 0 Å². The van der Waals surface area contributed by atoms with Crippen LogP contribution in [0.15, 0.2) is 24.3 Å². The van der Waals surface area contributed by atoms with Crippen LogP contribution in [0.2, 0.25) is 0 Å². The molecule has 2 rings (SSSR count). The fraction of sp³-hybridized carbons (Fsp3) is 0.562. The largest absolute Gasteiger partial charge is 0.326 e. The molecule has 0 aromatic heterocycles. The van der Waals surface area contributed by atoms with E-state index in [1.807, 2.05) is 24.3 Å². The minimum Gasteiger partial charge on any atom is -0.326 e. The summed E-state index contributed by atoms with van der Waals surface area (Å²) in [5.74, 6) is 1.39. The topological polar surface area (TPSA) is 43.1 Å². The van der Waals surface area contributed by atoms with Gasteiger partial charge in [-0.3, -0.25) is 4.79 Å². The highest BCUT2D eigenvalue weighted by Crippen LogP contribution is 2.30. The smallest absolute Gasteiger partial charge is 0.140 e. The van der Waals surface area contributed by atoms with Gasteiger partial charge in [0, 0.05) is 18.9 Å². The maximum Gasteiger partial charge on any atom is 0.140 e. The molecule has 2 atom stereocenters. The molecule has 2 N–H and O–H groups in total. The number of ketones is 1. The normalized spacial score (nSPS) is 23.9. The summed E-state index contributed by atoms with van der Waals surface area (Å²) in [5.41, 5.74) is 7.94. The van der Waals surface area contributed by atoms with Gasteiger partial charge in [-0.05, 0) is 29.9 Å². The van der Waals surface area contributed by atoms with E-state index in [-0.39, 0.29) is 5.92 Å². The molecule has 0 amide bonds. The molecule has 1 aliphatic rings. The number of rotatable bonds is 4. The summed E-state index contributed by atoms with van der Waals surface area (Å²) in [6, 6.07) is 8.03. The van der Waals surface area contributed by atoms with Crippen molar-refractivity contribution in [1.82, 2.24) is 0 Å². The van der Waals surface area contributed by atoms with Crippen molar-refractivity contribution >= 4 is 5.78 Å². The first-order chi connectivity index (χ1) is 8.70. The summed E-state index contributed by atoms with van der Waals surface area (Å²) in [6.07, 6.45) is 5.20. The van der Waals surface area contributed by atoms with Gasteiger partial charge in [0.15, 0.2) is 0 Å². The van der Waals surface area contributed by atoms with Crippen LogP contribution >= 0.6 is 0 Å². The monoisotopic (exact) mass is 245 g/mol. The third-order valence-electron chi connectivity index (χ3n) is 4.09. The molecule has 1 aliphatic carbocycles. The predicted octanol–water partition coefficient (Wildman–Crippen LogP) is 3.08.